The van der Waals surface area contributed by atoms with Crippen molar-refractivity contribution in [2.75, 3.05) is 0 Å². The van der Waals surface area contributed by atoms with Crippen molar-refractivity contribution in [1.82, 2.24) is 4.98 Å². The lowest BCUT2D eigenvalue weighted by Crippen LogP contribution is -2.28. The number of benzene rings is 8. The molecule has 1 aliphatic rings. The van der Waals surface area contributed by atoms with E-state index >= 15 is 0 Å². The molecule has 0 saturated heterocycles. The molecule has 1 heterocycles. The highest BCUT2D eigenvalue weighted by molar-refractivity contribution is 7.22. The first-order chi connectivity index (χ1) is 23.8. The molecule has 8 aromatic carbocycles. The molecule has 0 atom stereocenters. The van der Waals surface area contributed by atoms with Crippen molar-refractivity contribution in [2.24, 2.45) is 0 Å². The number of fused-ring (bicyclic) bond motifs is 8. The summed E-state index contributed by atoms with van der Waals surface area (Å²) in [5, 5.41) is 6.09. The second-order valence-electron chi connectivity index (χ2n) is 12.7. The topological polar surface area (TPSA) is 12.9 Å². The fourth-order valence-corrected chi connectivity index (χ4v) is 9.17. The Morgan fingerprint density at radius 2 is 1.02 bits per heavy atom. The molecule has 224 valence electrons. The van der Waals surface area contributed by atoms with Gasteiger partial charge in [-0.25, -0.2) is 4.98 Å². The van der Waals surface area contributed by atoms with Crippen molar-refractivity contribution in [3.8, 4) is 32.8 Å². The van der Waals surface area contributed by atoms with E-state index in [9.17, 15) is 0 Å². The highest BCUT2D eigenvalue weighted by atomic mass is 32.1. The molecular formula is C46H29NS. The Morgan fingerprint density at radius 1 is 0.438 bits per heavy atom. The number of aromatic nitrogens is 1. The van der Waals surface area contributed by atoms with E-state index in [4.69, 9.17) is 4.98 Å². The maximum atomic E-state index is 5.07. The fraction of sp³-hybridized carbons (Fsp3) is 0.0217. The zero-order valence-electron chi connectivity index (χ0n) is 26.1. The van der Waals surface area contributed by atoms with Gasteiger partial charge >= 0.3 is 0 Å². The minimum Gasteiger partial charge on any atom is -0.236 e. The number of hydrogen-bond acceptors (Lipinski definition) is 2. The summed E-state index contributed by atoms with van der Waals surface area (Å²) in [4.78, 5) is 5.07. The number of thiazole rings is 1. The summed E-state index contributed by atoms with van der Waals surface area (Å²) in [7, 11) is 0. The summed E-state index contributed by atoms with van der Waals surface area (Å²) in [6.45, 7) is 0. The van der Waals surface area contributed by atoms with E-state index in [-0.39, 0.29) is 0 Å². The van der Waals surface area contributed by atoms with Gasteiger partial charge in [-0.15, -0.1) is 11.3 Å². The van der Waals surface area contributed by atoms with Crippen LogP contribution in [-0.2, 0) is 5.41 Å². The van der Waals surface area contributed by atoms with E-state index in [0.29, 0.717) is 0 Å². The van der Waals surface area contributed by atoms with Gasteiger partial charge in [0, 0.05) is 10.9 Å². The molecule has 0 aliphatic heterocycles. The van der Waals surface area contributed by atoms with Crippen molar-refractivity contribution >= 4 is 43.1 Å². The highest BCUT2D eigenvalue weighted by Crippen LogP contribution is 2.56. The largest absolute Gasteiger partial charge is 0.236 e. The van der Waals surface area contributed by atoms with Crippen molar-refractivity contribution in [3.63, 3.8) is 0 Å². The highest BCUT2D eigenvalue weighted by Gasteiger charge is 2.46. The van der Waals surface area contributed by atoms with Crippen LogP contribution in [0, 0.1) is 0 Å². The molecule has 1 nitrogen and oxygen atoms in total. The lowest BCUT2D eigenvalue weighted by atomic mass is 9.67. The maximum absolute atomic E-state index is 5.07. The second-order valence-corrected chi connectivity index (χ2v) is 13.7. The van der Waals surface area contributed by atoms with Gasteiger partial charge in [0.05, 0.1) is 15.6 Å². The zero-order chi connectivity index (χ0) is 31.7. The first kappa shape index (κ1) is 27.3. The standard InChI is InChI=1S/C46H29NS/c1-4-12-32(13-5-1)45-47-42-27-25-31-22-20-30-21-23-33(28-39(30)43(31)44(42)48-45)34-24-26-38-37-18-10-11-19-40(37)46(41(38)29-34,35-14-6-2-7-15-35)36-16-8-3-9-17-36/h1-29H. The molecule has 0 radical (unpaired) electrons. The fourth-order valence-electron chi connectivity index (χ4n) is 8.03. The molecule has 0 spiro atoms. The summed E-state index contributed by atoms with van der Waals surface area (Å²) in [5.41, 5.74) is 12.1. The maximum Gasteiger partial charge on any atom is 0.124 e. The monoisotopic (exact) mass is 627 g/mol. The van der Waals surface area contributed by atoms with Crippen molar-refractivity contribution in [2.45, 2.75) is 5.41 Å². The van der Waals surface area contributed by atoms with E-state index in [1.165, 1.54) is 70.8 Å². The van der Waals surface area contributed by atoms with Crippen molar-refractivity contribution in [3.05, 3.63) is 198 Å². The third-order valence-corrected chi connectivity index (χ3v) is 11.3. The van der Waals surface area contributed by atoms with Gasteiger partial charge in [0.2, 0.25) is 0 Å². The Kier molecular flexibility index (Phi) is 6.03. The molecule has 1 aliphatic carbocycles. The normalized spacial score (nSPS) is 13.2. The summed E-state index contributed by atoms with van der Waals surface area (Å²) in [6, 6.07) is 64.5. The first-order valence-electron chi connectivity index (χ1n) is 16.5. The lowest BCUT2D eigenvalue weighted by Gasteiger charge is -2.34. The average Bonchev–Trinajstić information content (AvgIpc) is 3.73. The van der Waals surface area contributed by atoms with Gasteiger partial charge in [-0.3, -0.25) is 0 Å². The Labute approximate surface area is 283 Å². The van der Waals surface area contributed by atoms with Gasteiger partial charge in [-0.05, 0) is 78.9 Å². The van der Waals surface area contributed by atoms with Gasteiger partial charge in [0.1, 0.15) is 5.01 Å². The van der Waals surface area contributed by atoms with E-state index in [1.807, 2.05) is 0 Å². The van der Waals surface area contributed by atoms with Crippen LogP contribution < -0.4 is 0 Å². The average molecular weight is 628 g/mol. The third-order valence-electron chi connectivity index (χ3n) is 10.2. The molecule has 1 aromatic heterocycles. The van der Waals surface area contributed by atoms with Gasteiger partial charge < -0.3 is 0 Å². The predicted octanol–water partition coefficient (Wildman–Crippen LogP) is 12.3. The van der Waals surface area contributed by atoms with Gasteiger partial charge in [0.25, 0.3) is 0 Å². The quantitative estimate of drug-likeness (QED) is 0.177. The minimum atomic E-state index is -0.420. The summed E-state index contributed by atoms with van der Waals surface area (Å²) < 4.78 is 1.24. The van der Waals surface area contributed by atoms with Crippen LogP contribution in [0.15, 0.2) is 176 Å². The molecule has 0 fully saturated rings. The molecular weight excluding hydrogens is 599 g/mol. The van der Waals surface area contributed by atoms with Crippen LogP contribution in [0.3, 0.4) is 0 Å². The van der Waals surface area contributed by atoms with E-state index in [0.717, 1.165) is 16.1 Å². The van der Waals surface area contributed by atoms with Crippen LogP contribution in [0.5, 0.6) is 0 Å². The molecule has 0 bridgehead atoms. The van der Waals surface area contributed by atoms with Crippen molar-refractivity contribution < 1.29 is 0 Å². The Hall–Kier alpha value is -5.83. The van der Waals surface area contributed by atoms with E-state index in [1.54, 1.807) is 11.3 Å². The van der Waals surface area contributed by atoms with Crippen LogP contribution in [-0.4, -0.2) is 4.98 Å². The number of nitrogens with zero attached hydrogens (tertiary/aromatic N) is 1. The Morgan fingerprint density at radius 3 is 1.79 bits per heavy atom. The molecule has 0 amide bonds. The molecule has 0 saturated carbocycles. The molecule has 2 heteroatoms. The summed E-state index contributed by atoms with van der Waals surface area (Å²) in [5.74, 6) is 0. The molecule has 9 aromatic rings. The minimum absolute atomic E-state index is 0.420. The predicted molar refractivity (Wildman–Crippen MR) is 203 cm³/mol. The second kappa shape index (κ2) is 10.6. The Bertz CT molecular complexity index is 2610. The lowest BCUT2D eigenvalue weighted by molar-refractivity contribution is 0.769. The van der Waals surface area contributed by atoms with Crippen LogP contribution in [0.4, 0.5) is 0 Å². The van der Waals surface area contributed by atoms with Crippen LogP contribution in [0.2, 0.25) is 0 Å². The number of hydrogen-bond donors (Lipinski definition) is 0. The van der Waals surface area contributed by atoms with Gasteiger partial charge in [-0.2, -0.15) is 0 Å². The molecule has 48 heavy (non-hydrogen) atoms. The van der Waals surface area contributed by atoms with Crippen molar-refractivity contribution in [1.29, 1.82) is 0 Å². The molecule has 0 unspecified atom stereocenters. The third kappa shape index (κ3) is 3.93. The van der Waals surface area contributed by atoms with Gasteiger partial charge in [0.15, 0.2) is 0 Å². The van der Waals surface area contributed by atoms with Crippen LogP contribution >= 0.6 is 11.3 Å². The SMILES string of the molecule is c1ccc(-c2nc3ccc4ccc5ccc(-c6ccc7c(c6)C(c6ccccc6)(c6ccccc6)c6ccccc6-7)cc5c4c3s2)cc1. The zero-order valence-corrected chi connectivity index (χ0v) is 26.9. The van der Waals surface area contributed by atoms with Crippen LogP contribution in [0.25, 0.3) is 64.6 Å². The molecule has 0 N–H and O–H groups in total. The summed E-state index contributed by atoms with van der Waals surface area (Å²) >= 11 is 1.79. The van der Waals surface area contributed by atoms with E-state index < -0.39 is 5.41 Å². The van der Waals surface area contributed by atoms with Crippen LogP contribution in [0.1, 0.15) is 22.3 Å². The van der Waals surface area contributed by atoms with E-state index in [2.05, 4.69) is 176 Å². The smallest absolute Gasteiger partial charge is 0.124 e. The molecule has 10 rings (SSSR count). The summed E-state index contributed by atoms with van der Waals surface area (Å²) in [6.07, 6.45) is 0. The van der Waals surface area contributed by atoms with Gasteiger partial charge in [-0.1, -0.05) is 158 Å². The number of rotatable bonds is 4. The first-order valence-corrected chi connectivity index (χ1v) is 17.3. The Balaban J connectivity index is 1.22.